The van der Waals surface area contributed by atoms with Crippen molar-refractivity contribution in [1.82, 2.24) is 4.90 Å². The van der Waals surface area contributed by atoms with E-state index in [1.54, 1.807) is 0 Å². The molecule has 0 aliphatic carbocycles. The molecular weight excluding hydrogens is 210 g/mol. The molecule has 5 nitrogen and oxygen atoms in total. The van der Waals surface area contributed by atoms with Crippen LogP contribution in [-0.2, 0) is 14.3 Å². The van der Waals surface area contributed by atoms with Crippen molar-refractivity contribution in [3.63, 3.8) is 0 Å². The Labute approximate surface area is 94.1 Å². The molecule has 1 rings (SSSR count). The fraction of sp³-hybridized carbons (Fsp3) is 0.545. The fourth-order valence-electron chi connectivity index (χ4n) is 1.22. The van der Waals surface area contributed by atoms with Gasteiger partial charge in [-0.05, 0) is 19.8 Å². The van der Waals surface area contributed by atoms with Crippen LogP contribution in [0.15, 0.2) is 11.1 Å². The topological polar surface area (TPSA) is 63.7 Å². The smallest absolute Gasteiger partial charge is 0.424 e. The zero-order chi connectivity index (χ0) is 12.5. The second-order valence-corrected chi connectivity index (χ2v) is 4.17. The van der Waals surface area contributed by atoms with Gasteiger partial charge >= 0.3 is 6.09 Å². The van der Waals surface area contributed by atoms with Gasteiger partial charge in [0.1, 0.15) is 0 Å². The van der Waals surface area contributed by atoms with Crippen LogP contribution in [-0.4, -0.2) is 29.4 Å². The maximum atomic E-state index is 11.6. The largest absolute Gasteiger partial charge is 0.449 e. The van der Waals surface area contributed by atoms with E-state index in [0.717, 1.165) is 0 Å². The summed E-state index contributed by atoms with van der Waals surface area (Å²) in [5.41, 5.74) is 0.595. The first kappa shape index (κ1) is 12.4. The molecule has 88 valence electrons. The van der Waals surface area contributed by atoms with E-state index in [2.05, 4.69) is 0 Å². The van der Waals surface area contributed by atoms with Crippen molar-refractivity contribution >= 4 is 17.9 Å². The Balaban J connectivity index is 2.74. The molecule has 0 saturated carbocycles. The van der Waals surface area contributed by atoms with E-state index >= 15 is 0 Å². The third-order valence-corrected chi connectivity index (χ3v) is 2.33. The molecule has 5 heteroatoms. The van der Waals surface area contributed by atoms with E-state index in [9.17, 15) is 14.4 Å². The summed E-state index contributed by atoms with van der Waals surface area (Å²) in [6.45, 7) is 6.97. The maximum absolute atomic E-state index is 11.6. The molecule has 3 amide bonds. The first-order valence-electron chi connectivity index (χ1n) is 5.09. The first-order chi connectivity index (χ1) is 7.36. The minimum atomic E-state index is -0.889. The molecule has 0 aromatic heterocycles. The van der Waals surface area contributed by atoms with Gasteiger partial charge in [0.15, 0.2) is 0 Å². The molecule has 0 bridgehead atoms. The van der Waals surface area contributed by atoms with Gasteiger partial charge in [0.2, 0.25) is 0 Å². The van der Waals surface area contributed by atoms with Gasteiger partial charge in [-0.3, -0.25) is 9.59 Å². The van der Waals surface area contributed by atoms with Crippen LogP contribution in [0, 0.1) is 5.92 Å². The lowest BCUT2D eigenvalue weighted by Crippen LogP contribution is -2.38. The van der Waals surface area contributed by atoms with E-state index < -0.39 is 17.9 Å². The minimum Gasteiger partial charge on any atom is -0.449 e. The van der Waals surface area contributed by atoms with Crippen molar-refractivity contribution in [2.45, 2.75) is 27.7 Å². The molecule has 1 heterocycles. The average molecular weight is 225 g/mol. The van der Waals surface area contributed by atoms with Crippen molar-refractivity contribution in [3.05, 3.63) is 11.1 Å². The van der Waals surface area contributed by atoms with Crippen LogP contribution >= 0.6 is 0 Å². The van der Waals surface area contributed by atoms with Crippen molar-refractivity contribution < 1.29 is 19.1 Å². The zero-order valence-corrected chi connectivity index (χ0v) is 9.86. The Kier molecular flexibility index (Phi) is 3.47. The molecular formula is C11H15NO4. The standard InChI is InChI=1S/C11H15NO4/c1-6(2)5-16-11(15)12-9(13)7(3)8(4)10(12)14/h6H,5H2,1-4H3. The number of carbonyl (C=O) groups excluding carboxylic acids is 3. The Morgan fingerprint density at radius 3 is 2.00 bits per heavy atom. The number of nitrogens with zero attached hydrogens (tertiary/aromatic N) is 1. The predicted octanol–water partition coefficient (Wildman–Crippen LogP) is 1.48. The summed E-state index contributed by atoms with van der Waals surface area (Å²) in [4.78, 5) is 35.2. The summed E-state index contributed by atoms with van der Waals surface area (Å²) in [5.74, 6) is -1.01. The second kappa shape index (κ2) is 4.47. The number of ether oxygens (including phenoxy) is 1. The van der Waals surface area contributed by atoms with Crippen molar-refractivity contribution in [2.24, 2.45) is 5.92 Å². The molecule has 0 saturated heterocycles. The average Bonchev–Trinajstić information content (AvgIpc) is 2.40. The summed E-state index contributed by atoms with van der Waals surface area (Å²) in [6.07, 6.45) is -0.889. The SMILES string of the molecule is CC1=C(C)C(=O)N(C(=O)OCC(C)C)C1=O. The fourth-order valence-corrected chi connectivity index (χ4v) is 1.22. The number of rotatable bonds is 2. The van der Waals surface area contributed by atoms with Crippen LogP contribution in [0.5, 0.6) is 0 Å². The van der Waals surface area contributed by atoms with Crippen LogP contribution in [0.2, 0.25) is 0 Å². The molecule has 0 spiro atoms. The quantitative estimate of drug-likeness (QED) is 0.668. The lowest BCUT2D eigenvalue weighted by Gasteiger charge is -2.14. The van der Waals surface area contributed by atoms with Gasteiger partial charge < -0.3 is 4.74 Å². The number of amides is 3. The van der Waals surface area contributed by atoms with E-state index in [0.29, 0.717) is 16.0 Å². The summed E-state index contributed by atoms with van der Waals surface area (Å²) < 4.78 is 4.84. The Morgan fingerprint density at radius 2 is 1.62 bits per heavy atom. The highest BCUT2D eigenvalue weighted by molar-refractivity contribution is 6.25. The van der Waals surface area contributed by atoms with Gasteiger partial charge in [0.25, 0.3) is 11.8 Å². The maximum Gasteiger partial charge on any atom is 0.424 e. The Hall–Kier alpha value is -1.65. The molecule has 0 radical (unpaired) electrons. The molecule has 0 aromatic rings. The van der Waals surface area contributed by atoms with Crippen LogP contribution in [0.1, 0.15) is 27.7 Å². The summed E-state index contributed by atoms with van der Waals surface area (Å²) >= 11 is 0. The third kappa shape index (κ3) is 2.13. The zero-order valence-electron chi connectivity index (χ0n) is 9.86. The number of hydrogen-bond donors (Lipinski definition) is 0. The Bertz CT molecular complexity index is 357. The van der Waals surface area contributed by atoms with Gasteiger partial charge in [-0.25, -0.2) is 4.79 Å². The summed E-state index contributed by atoms with van der Waals surface area (Å²) in [6, 6.07) is 0. The first-order valence-corrected chi connectivity index (χ1v) is 5.09. The van der Waals surface area contributed by atoms with Crippen molar-refractivity contribution in [1.29, 1.82) is 0 Å². The molecule has 0 atom stereocenters. The van der Waals surface area contributed by atoms with Crippen molar-refractivity contribution in [2.75, 3.05) is 6.61 Å². The third-order valence-electron chi connectivity index (χ3n) is 2.33. The van der Waals surface area contributed by atoms with Gasteiger partial charge in [0.05, 0.1) is 6.61 Å². The highest BCUT2D eigenvalue weighted by atomic mass is 16.6. The van der Waals surface area contributed by atoms with E-state index in [4.69, 9.17) is 4.74 Å². The Morgan fingerprint density at radius 1 is 1.19 bits per heavy atom. The second-order valence-electron chi connectivity index (χ2n) is 4.17. The molecule has 0 unspecified atom stereocenters. The van der Waals surface area contributed by atoms with Crippen LogP contribution in [0.25, 0.3) is 0 Å². The summed E-state index contributed by atoms with van der Waals surface area (Å²) in [7, 11) is 0. The van der Waals surface area contributed by atoms with E-state index in [-0.39, 0.29) is 12.5 Å². The highest BCUT2D eigenvalue weighted by Crippen LogP contribution is 2.20. The van der Waals surface area contributed by atoms with Gasteiger partial charge in [-0.1, -0.05) is 13.8 Å². The van der Waals surface area contributed by atoms with Crippen LogP contribution < -0.4 is 0 Å². The molecule has 0 fully saturated rings. The molecule has 0 aromatic carbocycles. The van der Waals surface area contributed by atoms with E-state index in [1.165, 1.54) is 13.8 Å². The molecule has 1 aliphatic rings. The van der Waals surface area contributed by atoms with Gasteiger partial charge in [-0.2, -0.15) is 4.90 Å². The number of imide groups is 3. The molecule has 16 heavy (non-hydrogen) atoms. The van der Waals surface area contributed by atoms with E-state index in [1.807, 2.05) is 13.8 Å². The minimum absolute atomic E-state index is 0.159. The normalized spacial score (nSPS) is 16.4. The highest BCUT2D eigenvalue weighted by Gasteiger charge is 2.39. The lowest BCUT2D eigenvalue weighted by molar-refractivity contribution is -0.135. The summed E-state index contributed by atoms with van der Waals surface area (Å²) in [5, 5.41) is 0. The predicted molar refractivity (Wildman–Crippen MR) is 56.4 cm³/mol. The van der Waals surface area contributed by atoms with Gasteiger partial charge in [-0.15, -0.1) is 0 Å². The lowest BCUT2D eigenvalue weighted by atomic mass is 10.2. The molecule has 0 N–H and O–H groups in total. The van der Waals surface area contributed by atoms with Crippen LogP contribution in [0.4, 0.5) is 4.79 Å². The van der Waals surface area contributed by atoms with Gasteiger partial charge in [0, 0.05) is 11.1 Å². The van der Waals surface area contributed by atoms with Crippen molar-refractivity contribution in [3.8, 4) is 0 Å². The number of hydrogen-bond acceptors (Lipinski definition) is 4. The monoisotopic (exact) mass is 225 g/mol. The number of carbonyl (C=O) groups is 3. The van der Waals surface area contributed by atoms with Crippen LogP contribution in [0.3, 0.4) is 0 Å². The molecule has 1 aliphatic heterocycles.